The number of aromatic nitrogens is 2. The Kier molecular flexibility index (Phi) is 3.21. The average Bonchev–Trinajstić information content (AvgIpc) is 2.48. The summed E-state index contributed by atoms with van der Waals surface area (Å²) in [5, 5.41) is 3.36. The summed E-state index contributed by atoms with van der Waals surface area (Å²) >= 11 is 0. The summed E-state index contributed by atoms with van der Waals surface area (Å²) in [4.78, 5) is 8.96. The van der Waals surface area contributed by atoms with Gasteiger partial charge in [-0.15, -0.1) is 0 Å². The van der Waals surface area contributed by atoms with Crippen LogP contribution in [0.4, 0.5) is 11.5 Å². The van der Waals surface area contributed by atoms with Crippen LogP contribution in [-0.2, 0) is 0 Å². The quantitative estimate of drug-likeness (QED) is 0.712. The van der Waals surface area contributed by atoms with Crippen molar-refractivity contribution in [3.63, 3.8) is 0 Å². The number of anilines is 2. The SMILES string of the molecule is CC(Nc1cnc2ccccc2n1)c1ccc(N)cc1. The number of nitrogens with zero attached hydrogens (tertiary/aromatic N) is 2. The summed E-state index contributed by atoms with van der Waals surface area (Å²) in [6.45, 7) is 2.09. The first-order chi connectivity index (χ1) is 9.72. The number of fused-ring (bicyclic) bond motifs is 1. The van der Waals surface area contributed by atoms with E-state index in [2.05, 4.69) is 22.2 Å². The largest absolute Gasteiger partial charge is 0.399 e. The molecular weight excluding hydrogens is 248 g/mol. The molecule has 4 nitrogen and oxygen atoms in total. The first-order valence-electron chi connectivity index (χ1n) is 6.56. The molecule has 0 saturated heterocycles. The number of benzene rings is 2. The van der Waals surface area contributed by atoms with E-state index in [1.54, 1.807) is 6.20 Å². The van der Waals surface area contributed by atoms with Crippen LogP contribution >= 0.6 is 0 Å². The molecule has 0 bridgehead atoms. The van der Waals surface area contributed by atoms with E-state index < -0.39 is 0 Å². The van der Waals surface area contributed by atoms with Gasteiger partial charge in [-0.05, 0) is 36.8 Å². The van der Waals surface area contributed by atoms with E-state index in [0.717, 1.165) is 28.1 Å². The van der Waals surface area contributed by atoms with Gasteiger partial charge in [-0.25, -0.2) is 4.98 Å². The lowest BCUT2D eigenvalue weighted by Gasteiger charge is -2.15. The molecule has 0 spiro atoms. The van der Waals surface area contributed by atoms with Crippen molar-refractivity contribution >= 4 is 22.5 Å². The second kappa shape index (κ2) is 5.17. The molecule has 1 atom stereocenters. The summed E-state index contributed by atoms with van der Waals surface area (Å²) in [6.07, 6.45) is 1.76. The number of hydrogen-bond acceptors (Lipinski definition) is 4. The number of hydrogen-bond donors (Lipinski definition) is 2. The van der Waals surface area contributed by atoms with Gasteiger partial charge in [0, 0.05) is 11.7 Å². The summed E-state index contributed by atoms with van der Waals surface area (Å²) in [5.74, 6) is 0.771. The minimum absolute atomic E-state index is 0.145. The Morgan fingerprint density at radius 2 is 1.70 bits per heavy atom. The van der Waals surface area contributed by atoms with Gasteiger partial charge in [0.2, 0.25) is 0 Å². The fourth-order valence-corrected chi connectivity index (χ4v) is 2.12. The van der Waals surface area contributed by atoms with E-state index in [4.69, 9.17) is 5.73 Å². The molecule has 3 rings (SSSR count). The van der Waals surface area contributed by atoms with Crippen molar-refractivity contribution in [2.45, 2.75) is 13.0 Å². The molecule has 1 heterocycles. The van der Waals surface area contributed by atoms with Crippen LogP contribution in [0.5, 0.6) is 0 Å². The molecule has 1 unspecified atom stereocenters. The van der Waals surface area contributed by atoms with Crippen molar-refractivity contribution in [2.75, 3.05) is 11.1 Å². The zero-order valence-electron chi connectivity index (χ0n) is 11.2. The average molecular weight is 264 g/mol. The second-order valence-electron chi connectivity index (χ2n) is 4.78. The van der Waals surface area contributed by atoms with E-state index in [-0.39, 0.29) is 6.04 Å². The van der Waals surface area contributed by atoms with Gasteiger partial charge in [-0.3, -0.25) is 4.98 Å². The van der Waals surface area contributed by atoms with Crippen LogP contribution in [0.15, 0.2) is 54.7 Å². The number of nitrogens with one attached hydrogen (secondary N) is 1. The highest BCUT2D eigenvalue weighted by Crippen LogP contribution is 2.20. The zero-order chi connectivity index (χ0) is 13.9. The molecule has 0 saturated carbocycles. The van der Waals surface area contributed by atoms with E-state index >= 15 is 0 Å². The Morgan fingerprint density at radius 1 is 1.00 bits per heavy atom. The molecule has 0 radical (unpaired) electrons. The Morgan fingerprint density at radius 3 is 2.45 bits per heavy atom. The highest BCUT2D eigenvalue weighted by Gasteiger charge is 2.06. The highest BCUT2D eigenvalue weighted by atomic mass is 15.0. The Bertz CT molecular complexity index is 722. The van der Waals surface area contributed by atoms with Crippen LogP contribution in [-0.4, -0.2) is 9.97 Å². The lowest BCUT2D eigenvalue weighted by molar-refractivity contribution is 0.875. The third-order valence-corrected chi connectivity index (χ3v) is 3.25. The number of rotatable bonds is 3. The highest BCUT2D eigenvalue weighted by molar-refractivity contribution is 5.75. The molecule has 0 aliphatic carbocycles. The van der Waals surface area contributed by atoms with Gasteiger partial charge in [-0.2, -0.15) is 0 Å². The maximum Gasteiger partial charge on any atom is 0.145 e. The van der Waals surface area contributed by atoms with Crippen molar-refractivity contribution in [3.05, 3.63) is 60.3 Å². The number of nitrogen functional groups attached to an aromatic ring is 1. The normalized spacial score (nSPS) is 12.2. The molecule has 20 heavy (non-hydrogen) atoms. The van der Waals surface area contributed by atoms with Crippen molar-refractivity contribution in [1.29, 1.82) is 0 Å². The van der Waals surface area contributed by atoms with E-state index in [9.17, 15) is 0 Å². The Hall–Kier alpha value is -2.62. The third-order valence-electron chi connectivity index (χ3n) is 3.25. The van der Waals surface area contributed by atoms with Gasteiger partial charge in [0.25, 0.3) is 0 Å². The molecule has 100 valence electrons. The topological polar surface area (TPSA) is 63.8 Å². The van der Waals surface area contributed by atoms with Gasteiger partial charge < -0.3 is 11.1 Å². The summed E-state index contributed by atoms with van der Waals surface area (Å²) in [5.41, 5.74) is 9.42. The van der Waals surface area contributed by atoms with E-state index in [0.29, 0.717) is 0 Å². The Balaban J connectivity index is 1.83. The maximum absolute atomic E-state index is 5.70. The fraction of sp³-hybridized carbons (Fsp3) is 0.125. The predicted molar refractivity (Wildman–Crippen MR) is 82.4 cm³/mol. The first-order valence-corrected chi connectivity index (χ1v) is 6.56. The molecule has 0 aliphatic rings. The zero-order valence-corrected chi connectivity index (χ0v) is 11.2. The molecular formula is C16H16N4. The standard InChI is InChI=1S/C16H16N4/c1-11(12-6-8-13(17)9-7-12)19-16-10-18-14-4-2-3-5-15(14)20-16/h2-11H,17H2,1H3,(H,19,20). The first kappa shape index (κ1) is 12.4. The molecule has 0 amide bonds. The molecule has 0 fully saturated rings. The van der Waals surface area contributed by atoms with Crippen molar-refractivity contribution < 1.29 is 0 Å². The molecule has 2 aromatic carbocycles. The van der Waals surface area contributed by atoms with Gasteiger partial charge >= 0.3 is 0 Å². The van der Waals surface area contributed by atoms with Crippen LogP contribution in [0.1, 0.15) is 18.5 Å². The van der Waals surface area contributed by atoms with Crippen LogP contribution in [0.2, 0.25) is 0 Å². The van der Waals surface area contributed by atoms with E-state index in [1.807, 2.05) is 48.5 Å². The molecule has 1 aromatic heterocycles. The maximum atomic E-state index is 5.70. The second-order valence-corrected chi connectivity index (χ2v) is 4.78. The number of para-hydroxylation sites is 2. The fourth-order valence-electron chi connectivity index (χ4n) is 2.12. The van der Waals surface area contributed by atoms with Crippen molar-refractivity contribution in [1.82, 2.24) is 9.97 Å². The van der Waals surface area contributed by atoms with Crippen molar-refractivity contribution in [3.8, 4) is 0 Å². The van der Waals surface area contributed by atoms with Crippen LogP contribution in [0.3, 0.4) is 0 Å². The minimum atomic E-state index is 0.145. The Labute approximate surface area is 117 Å². The molecule has 4 heteroatoms. The lowest BCUT2D eigenvalue weighted by atomic mass is 10.1. The van der Waals surface area contributed by atoms with Crippen LogP contribution < -0.4 is 11.1 Å². The summed E-state index contributed by atoms with van der Waals surface area (Å²) < 4.78 is 0. The number of nitrogens with two attached hydrogens (primary N) is 1. The van der Waals surface area contributed by atoms with Crippen LogP contribution in [0, 0.1) is 0 Å². The monoisotopic (exact) mass is 264 g/mol. The van der Waals surface area contributed by atoms with Gasteiger partial charge in [0.15, 0.2) is 0 Å². The third kappa shape index (κ3) is 2.54. The molecule has 3 N–H and O–H groups in total. The van der Waals surface area contributed by atoms with E-state index in [1.165, 1.54) is 0 Å². The summed E-state index contributed by atoms with van der Waals surface area (Å²) in [6, 6.07) is 15.8. The summed E-state index contributed by atoms with van der Waals surface area (Å²) in [7, 11) is 0. The van der Waals surface area contributed by atoms with Crippen LogP contribution in [0.25, 0.3) is 11.0 Å². The van der Waals surface area contributed by atoms with Gasteiger partial charge in [-0.1, -0.05) is 24.3 Å². The molecule has 0 aliphatic heterocycles. The molecule has 3 aromatic rings. The minimum Gasteiger partial charge on any atom is -0.399 e. The smallest absolute Gasteiger partial charge is 0.145 e. The lowest BCUT2D eigenvalue weighted by Crippen LogP contribution is -2.08. The van der Waals surface area contributed by atoms with Gasteiger partial charge in [0.05, 0.1) is 17.2 Å². The van der Waals surface area contributed by atoms with Crippen molar-refractivity contribution in [2.24, 2.45) is 0 Å². The van der Waals surface area contributed by atoms with Gasteiger partial charge in [0.1, 0.15) is 5.82 Å². The predicted octanol–water partition coefficient (Wildman–Crippen LogP) is 3.39.